The second-order valence-corrected chi connectivity index (χ2v) is 10.7. The number of carbonyl (C=O) groups excluding carboxylic acids is 3. The maximum Gasteiger partial charge on any atom is 0.270 e. The van der Waals surface area contributed by atoms with E-state index >= 15 is 0 Å². The van der Waals surface area contributed by atoms with Gasteiger partial charge in [0, 0.05) is 0 Å². The molecule has 3 aromatic carbocycles. The average Bonchev–Trinajstić information content (AvgIpc) is 3.13. The van der Waals surface area contributed by atoms with Gasteiger partial charge in [-0.1, -0.05) is 55.3 Å². The van der Waals surface area contributed by atoms with Gasteiger partial charge in [-0.25, -0.2) is 12.7 Å². The van der Waals surface area contributed by atoms with E-state index in [1.807, 2.05) is 6.92 Å². The standard InChI is InChI=1S/C28H28N2O5S/c1-4-5-8-21-13-15-22(16-14-21)30(36(34,35)23-17-11-19(2)12-18-23)26(31)20(3)29-27(32)24-9-6-7-10-25(24)28(29)33/h6-7,9-18,20H,4-5,8H2,1-3H3. The summed E-state index contributed by atoms with van der Waals surface area (Å²) in [7, 11) is -4.34. The van der Waals surface area contributed by atoms with Crippen molar-refractivity contribution in [1.82, 2.24) is 4.90 Å². The van der Waals surface area contributed by atoms with Crippen molar-refractivity contribution in [2.75, 3.05) is 4.31 Å². The number of sulfonamides is 1. The number of imide groups is 1. The summed E-state index contributed by atoms with van der Waals surface area (Å²) in [6.07, 6.45) is 2.84. The minimum atomic E-state index is -4.34. The number of carbonyl (C=O) groups is 3. The van der Waals surface area contributed by atoms with Crippen LogP contribution < -0.4 is 4.31 Å². The first-order valence-electron chi connectivity index (χ1n) is 11.9. The Balaban J connectivity index is 1.75. The van der Waals surface area contributed by atoms with Gasteiger partial charge in [-0.05, 0) is 68.7 Å². The molecule has 0 fully saturated rings. The molecule has 8 heteroatoms. The van der Waals surface area contributed by atoms with E-state index in [0.717, 1.165) is 35.3 Å². The van der Waals surface area contributed by atoms with Crippen molar-refractivity contribution >= 4 is 33.4 Å². The SMILES string of the molecule is CCCCc1ccc(N(C(=O)C(C)N2C(=O)c3ccccc3C2=O)S(=O)(=O)c2ccc(C)cc2)cc1. The molecule has 3 aromatic rings. The van der Waals surface area contributed by atoms with Crippen LogP contribution in [0.5, 0.6) is 0 Å². The predicted octanol–water partition coefficient (Wildman–Crippen LogP) is 4.74. The van der Waals surface area contributed by atoms with Crippen LogP contribution in [-0.2, 0) is 21.2 Å². The molecule has 1 unspecified atom stereocenters. The monoisotopic (exact) mass is 504 g/mol. The van der Waals surface area contributed by atoms with Gasteiger partial charge in [0.1, 0.15) is 6.04 Å². The fraction of sp³-hybridized carbons (Fsp3) is 0.250. The first kappa shape index (κ1) is 25.3. The van der Waals surface area contributed by atoms with Crippen molar-refractivity contribution in [3.8, 4) is 0 Å². The van der Waals surface area contributed by atoms with Crippen molar-refractivity contribution in [2.24, 2.45) is 0 Å². The molecule has 1 heterocycles. The zero-order chi connectivity index (χ0) is 26.0. The average molecular weight is 505 g/mol. The molecule has 0 aliphatic carbocycles. The Morgan fingerprint density at radius 1 is 0.889 bits per heavy atom. The number of rotatable bonds is 8. The summed E-state index contributed by atoms with van der Waals surface area (Å²) < 4.78 is 28.2. The topological polar surface area (TPSA) is 91.8 Å². The van der Waals surface area contributed by atoms with Gasteiger partial charge in [0.25, 0.3) is 27.7 Å². The van der Waals surface area contributed by atoms with Crippen molar-refractivity contribution in [3.05, 3.63) is 95.1 Å². The normalized spacial score (nSPS) is 14.0. The van der Waals surface area contributed by atoms with E-state index in [1.165, 1.54) is 31.2 Å². The number of benzene rings is 3. The van der Waals surface area contributed by atoms with Crippen molar-refractivity contribution in [2.45, 2.75) is 51.0 Å². The molecule has 0 saturated carbocycles. The van der Waals surface area contributed by atoms with E-state index in [4.69, 9.17) is 0 Å². The second kappa shape index (κ2) is 10.1. The summed E-state index contributed by atoms with van der Waals surface area (Å²) in [6.45, 7) is 5.29. The molecule has 7 nitrogen and oxygen atoms in total. The molecule has 0 bridgehead atoms. The molecule has 1 aliphatic rings. The van der Waals surface area contributed by atoms with Gasteiger partial charge < -0.3 is 0 Å². The smallest absolute Gasteiger partial charge is 0.270 e. The van der Waals surface area contributed by atoms with Gasteiger partial charge in [0.05, 0.1) is 21.7 Å². The number of fused-ring (bicyclic) bond motifs is 1. The number of nitrogens with zero attached hydrogens (tertiary/aromatic N) is 2. The van der Waals surface area contributed by atoms with Crippen LogP contribution in [0.2, 0.25) is 0 Å². The van der Waals surface area contributed by atoms with E-state index in [-0.39, 0.29) is 21.7 Å². The maximum absolute atomic E-state index is 13.8. The van der Waals surface area contributed by atoms with E-state index in [9.17, 15) is 22.8 Å². The molecule has 1 atom stereocenters. The minimum Gasteiger partial charge on any atom is -0.271 e. The van der Waals surface area contributed by atoms with Crippen LogP contribution in [0.3, 0.4) is 0 Å². The Morgan fingerprint density at radius 2 is 1.44 bits per heavy atom. The summed E-state index contributed by atoms with van der Waals surface area (Å²) in [5.74, 6) is -2.15. The summed E-state index contributed by atoms with van der Waals surface area (Å²) >= 11 is 0. The lowest BCUT2D eigenvalue weighted by molar-refractivity contribution is -0.120. The molecule has 0 spiro atoms. The number of unbranched alkanes of at least 4 members (excludes halogenated alkanes) is 1. The lowest BCUT2D eigenvalue weighted by atomic mass is 10.1. The Morgan fingerprint density at radius 3 is 1.97 bits per heavy atom. The molecule has 4 rings (SSSR count). The Bertz CT molecular complexity index is 1380. The molecule has 0 aromatic heterocycles. The van der Waals surface area contributed by atoms with Crippen molar-refractivity contribution in [3.63, 3.8) is 0 Å². The van der Waals surface area contributed by atoms with Crippen LogP contribution in [0, 0.1) is 6.92 Å². The van der Waals surface area contributed by atoms with Gasteiger partial charge in [0.2, 0.25) is 0 Å². The number of hydrogen-bond donors (Lipinski definition) is 0. The number of amides is 3. The fourth-order valence-electron chi connectivity index (χ4n) is 4.22. The van der Waals surface area contributed by atoms with Crippen LogP contribution in [0.15, 0.2) is 77.7 Å². The summed E-state index contributed by atoms with van der Waals surface area (Å²) in [4.78, 5) is 40.6. The molecule has 3 amide bonds. The fourth-order valence-corrected chi connectivity index (χ4v) is 5.70. The molecule has 0 N–H and O–H groups in total. The van der Waals surface area contributed by atoms with Gasteiger partial charge >= 0.3 is 0 Å². The third kappa shape index (κ3) is 4.56. The molecular formula is C28H28N2O5S. The molecule has 36 heavy (non-hydrogen) atoms. The highest BCUT2D eigenvalue weighted by molar-refractivity contribution is 7.93. The highest BCUT2D eigenvalue weighted by Gasteiger charge is 2.44. The van der Waals surface area contributed by atoms with E-state index in [1.54, 1.807) is 48.5 Å². The van der Waals surface area contributed by atoms with Gasteiger partial charge in [-0.3, -0.25) is 19.3 Å². The molecular weight excluding hydrogens is 476 g/mol. The summed E-state index contributed by atoms with van der Waals surface area (Å²) in [5.41, 5.74) is 2.41. The number of hydrogen-bond acceptors (Lipinski definition) is 5. The zero-order valence-electron chi connectivity index (χ0n) is 20.5. The highest BCUT2D eigenvalue weighted by Crippen LogP contribution is 2.30. The lowest BCUT2D eigenvalue weighted by Crippen LogP contribution is -2.51. The largest absolute Gasteiger partial charge is 0.271 e. The van der Waals surface area contributed by atoms with Crippen LogP contribution in [0.4, 0.5) is 5.69 Å². The van der Waals surface area contributed by atoms with Crippen LogP contribution in [-0.4, -0.2) is 37.1 Å². The predicted molar refractivity (Wildman–Crippen MR) is 137 cm³/mol. The highest BCUT2D eigenvalue weighted by atomic mass is 32.2. The minimum absolute atomic E-state index is 0.0638. The number of anilines is 1. The first-order valence-corrected chi connectivity index (χ1v) is 13.3. The van der Waals surface area contributed by atoms with E-state index in [0.29, 0.717) is 4.31 Å². The summed E-state index contributed by atoms with van der Waals surface area (Å²) in [6, 6.07) is 17.9. The Labute approximate surface area is 211 Å². The molecule has 186 valence electrons. The van der Waals surface area contributed by atoms with Crippen LogP contribution in [0.25, 0.3) is 0 Å². The first-order chi connectivity index (χ1) is 17.2. The van der Waals surface area contributed by atoms with Crippen LogP contribution >= 0.6 is 0 Å². The molecule has 1 aliphatic heterocycles. The maximum atomic E-state index is 13.8. The Kier molecular flexibility index (Phi) is 7.08. The van der Waals surface area contributed by atoms with Gasteiger partial charge in [-0.15, -0.1) is 0 Å². The third-order valence-corrected chi connectivity index (χ3v) is 8.06. The quantitative estimate of drug-likeness (QED) is 0.413. The van der Waals surface area contributed by atoms with Crippen LogP contribution in [0.1, 0.15) is 58.5 Å². The van der Waals surface area contributed by atoms with Gasteiger partial charge in [0.15, 0.2) is 0 Å². The van der Waals surface area contributed by atoms with Gasteiger partial charge in [-0.2, -0.15) is 0 Å². The molecule has 0 saturated heterocycles. The van der Waals surface area contributed by atoms with E-state index < -0.39 is 33.8 Å². The van der Waals surface area contributed by atoms with E-state index in [2.05, 4.69) is 6.92 Å². The Hall–Kier alpha value is -3.78. The molecule has 0 radical (unpaired) electrons. The third-order valence-electron chi connectivity index (χ3n) is 6.32. The zero-order valence-corrected chi connectivity index (χ0v) is 21.3. The lowest BCUT2D eigenvalue weighted by Gasteiger charge is -2.29. The summed E-state index contributed by atoms with van der Waals surface area (Å²) in [5, 5.41) is 0. The van der Waals surface area contributed by atoms with Crippen molar-refractivity contribution < 1.29 is 22.8 Å². The number of aryl methyl sites for hydroxylation is 2. The second-order valence-electron chi connectivity index (χ2n) is 8.89. The van der Waals surface area contributed by atoms with Crippen molar-refractivity contribution in [1.29, 1.82) is 0 Å².